The molecule has 1 unspecified atom stereocenters. The highest BCUT2D eigenvalue weighted by Crippen LogP contribution is 2.31. The highest BCUT2D eigenvalue weighted by molar-refractivity contribution is 6.30. The van der Waals surface area contributed by atoms with E-state index in [1.165, 1.54) is 0 Å². The van der Waals surface area contributed by atoms with E-state index in [9.17, 15) is 5.11 Å². The normalized spacial score (nSPS) is 17.0. The van der Waals surface area contributed by atoms with Crippen LogP contribution in [0.3, 0.4) is 0 Å². The van der Waals surface area contributed by atoms with Crippen LogP contribution in [0.15, 0.2) is 18.2 Å². The number of hydrogen-bond donors (Lipinski definition) is 1. The van der Waals surface area contributed by atoms with Crippen LogP contribution in [-0.4, -0.2) is 36.3 Å². The lowest BCUT2D eigenvalue weighted by atomic mass is 10.0. The van der Waals surface area contributed by atoms with Gasteiger partial charge in [0.2, 0.25) is 0 Å². The zero-order chi connectivity index (χ0) is 15.1. The summed E-state index contributed by atoms with van der Waals surface area (Å²) in [4.78, 5) is 2.24. The number of ether oxygens (including phenoxy) is 1. The zero-order valence-electron chi connectivity index (χ0n) is 12.4. The van der Waals surface area contributed by atoms with E-state index in [-0.39, 0.29) is 11.8 Å². The van der Waals surface area contributed by atoms with Crippen molar-refractivity contribution < 1.29 is 9.84 Å². The van der Waals surface area contributed by atoms with Crippen LogP contribution in [0.25, 0.3) is 0 Å². The van der Waals surface area contributed by atoms with Crippen molar-refractivity contribution in [3.63, 3.8) is 0 Å². The van der Waals surface area contributed by atoms with Gasteiger partial charge >= 0.3 is 0 Å². The lowest BCUT2D eigenvalue weighted by Crippen LogP contribution is -2.38. The Kier molecular flexibility index (Phi) is 6.38. The molecule has 1 aromatic carbocycles. The zero-order valence-corrected chi connectivity index (χ0v) is 13.2. The lowest BCUT2D eigenvalue weighted by Gasteiger charge is -2.32. The summed E-state index contributed by atoms with van der Waals surface area (Å²) in [5.74, 6) is 6.80. The van der Waals surface area contributed by atoms with Crippen molar-refractivity contribution in [2.75, 3.05) is 26.3 Å². The molecule has 1 aliphatic rings. The monoisotopic (exact) mass is 307 g/mol. The minimum atomic E-state index is -0.121. The van der Waals surface area contributed by atoms with Gasteiger partial charge in [-0.25, -0.2) is 0 Å². The summed E-state index contributed by atoms with van der Waals surface area (Å²) in [6, 6.07) is 5.02. The van der Waals surface area contributed by atoms with E-state index in [2.05, 4.69) is 23.7 Å². The van der Waals surface area contributed by atoms with Crippen molar-refractivity contribution in [3.05, 3.63) is 28.8 Å². The van der Waals surface area contributed by atoms with Crippen LogP contribution >= 0.6 is 11.6 Å². The first-order valence-electron chi connectivity index (χ1n) is 7.51. The van der Waals surface area contributed by atoms with Gasteiger partial charge < -0.3 is 9.84 Å². The van der Waals surface area contributed by atoms with Gasteiger partial charge in [-0.1, -0.05) is 30.9 Å². The number of hydrogen-bond acceptors (Lipinski definition) is 3. The molecule has 114 valence electrons. The number of phenols is 1. The average Bonchev–Trinajstić information content (AvgIpc) is 2.51. The van der Waals surface area contributed by atoms with Crippen molar-refractivity contribution in [2.24, 2.45) is 0 Å². The molecule has 0 amide bonds. The molecule has 0 aliphatic carbocycles. The molecule has 4 heteroatoms. The number of unbranched alkanes of at least 4 members (excludes halogenated alkanes) is 2. The Labute approximate surface area is 131 Å². The predicted molar refractivity (Wildman–Crippen MR) is 85.6 cm³/mol. The molecule has 0 spiro atoms. The molecule has 2 rings (SSSR count). The molecule has 0 bridgehead atoms. The van der Waals surface area contributed by atoms with Crippen LogP contribution in [0, 0.1) is 11.8 Å². The fourth-order valence-corrected chi connectivity index (χ4v) is 2.56. The van der Waals surface area contributed by atoms with Gasteiger partial charge in [0.15, 0.2) is 0 Å². The van der Waals surface area contributed by atoms with E-state index >= 15 is 0 Å². The van der Waals surface area contributed by atoms with Crippen molar-refractivity contribution >= 4 is 11.6 Å². The van der Waals surface area contributed by atoms with E-state index < -0.39 is 0 Å². The standard InChI is InChI=1S/C17H22ClNO2/c1-2-3-4-5-6-16(19-9-11-21-12-10-19)15-13-14(18)7-8-17(15)20/h7-8,13,16,20H,2-4,9-12H2,1H3. The van der Waals surface area contributed by atoms with Gasteiger partial charge in [-0.05, 0) is 24.6 Å². The van der Waals surface area contributed by atoms with Crippen molar-refractivity contribution in [3.8, 4) is 17.6 Å². The second-order valence-electron chi connectivity index (χ2n) is 5.18. The summed E-state index contributed by atoms with van der Waals surface area (Å²) < 4.78 is 5.40. The molecular formula is C17H22ClNO2. The van der Waals surface area contributed by atoms with Crippen molar-refractivity contribution in [1.82, 2.24) is 4.90 Å². The molecule has 1 saturated heterocycles. The third kappa shape index (κ3) is 4.64. The van der Waals surface area contributed by atoms with E-state index in [1.54, 1.807) is 12.1 Å². The largest absolute Gasteiger partial charge is 0.508 e. The molecule has 1 aromatic rings. The molecule has 1 fully saturated rings. The third-order valence-corrected chi connectivity index (χ3v) is 3.82. The summed E-state index contributed by atoms with van der Waals surface area (Å²) in [5.41, 5.74) is 0.786. The Balaban J connectivity index is 2.24. The molecule has 0 saturated carbocycles. The van der Waals surface area contributed by atoms with E-state index in [4.69, 9.17) is 16.3 Å². The Hall–Kier alpha value is -1.21. The smallest absolute Gasteiger partial charge is 0.121 e. The number of aromatic hydroxyl groups is 1. The molecule has 1 aliphatic heterocycles. The number of phenolic OH excluding ortho intramolecular Hbond substituents is 1. The van der Waals surface area contributed by atoms with Gasteiger partial charge in [0.25, 0.3) is 0 Å². The number of halogens is 1. The lowest BCUT2D eigenvalue weighted by molar-refractivity contribution is 0.0266. The Morgan fingerprint density at radius 2 is 2.14 bits per heavy atom. The van der Waals surface area contributed by atoms with Crippen LogP contribution < -0.4 is 0 Å². The highest BCUT2D eigenvalue weighted by Gasteiger charge is 2.23. The summed E-state index contributed by atoms with van der Waals surface area (Å²) >= 11 is 6.08. The molecule has 1 atom stereocenters. The van der Waals surface area contributed by atoms with Crippen LogP contribution in [-0.2, 0) is 4.74 Å². The maximum atomic E-state index is 10.2. The molecule has 3 nitrogen and oxygen atoms in total. The van der Waals surface area contributed by atoms with Gasteiger partial charge in [0.05, 0.1) is 13.2 Å². The van der Waals surface area contributed by atoms with Gasteiger partial charge in [0.1, 0.15) is 11.8 Å². The molecular weight excluding hydrogens is 286 g/mol. The molecule has 1 heterocycles. The minimum Gasteiger partial charge on any atom is -0.508 e. The topological polar surface area (TPSA) is 32.7 Å². The average molecular weight is 308 g/mol. The van der Waals surface area contributed by atoms with E-state index in [0.29, 0.717) is 18.2 Å². The molecule has 0 aromatic heterocycles. The summed E-state index contributed by atoms with van der Waals surface area (Å²) in [6.45, 7) is 5.20. The first-order chi connectivity index (χ1) is 10.2. The number of morpholine rings is 1. The summed E-state index contributed by atoms with van der Waals surface area (Å²) in [7, 11) is 0. The maximum Gasteiger partial charge on any atom is 0.121 e. The van der Waals surface area contributed by atoms with E-state index in [0.717, 1.165) is 37.9 Å². The Morgan fingerprint density at radius 1 is 1.38 bits per heavy atom. The van der Waals surface area contributed by atoms with Gasteiger partial charge in [-0.2, -0.15) is 0 Å². The number of benzene rings is 1. The van der Waals surface area contributed by atoms with Crippen LogP contribution in [0.4, 0.5) is 0 Å². The van der Waals surface area contributed by atoms with Crippen LogP contribution in [0.5, 0.6) is 5.75 Å². The molecule has 1 N–H and O–H groups in total. The van der Waals surface area contributed by atoms with Crippen molar-refractivity contribution in [2.45, 2.75) is 32.2 Å². The maximum absolute atomic E-state index is 10.2. The number of rotatable bonds is 4. The summed E-state index contributed by atoms with van der Waals surface area (Å²) in [5, 5.41) is 10.8. The van der Waals surface area contributed by atoms with Crippen LogP contribution in [0.2, 0.25) is 5.02 Å². The van der Waals surface area contributed by atoms with Crippen LogP contribution in [0.1, 0.15) is 37.8 Å². The fraction of sp³-hybridized carbons (Fsp3) is 0.529. The highest BCUT2D eigenvalue weighted by atomic mass is 35.5. The first kappa shape index (κ1) is 16.2. The fourth-order valence-electron chi connectivity index (χ4n) is 2.38. The quantitative estimate of drug-likeness (QED) is 0.681. The second kappa shape index (κ2) is 8.29. The minimum absolute atomic E-state index is 0.121. The van der Waals surface area contributed by atoms with Gasteiger partial charge in [-0.3, -0.25) is 4.90 Å². The predicted octanol–water partition coefficient (Wildman–Crippen LogP) is 3.61. The molecule has 21 heavy (non-hydrogen) atoms. The van der Waals surface area contributed by atoms with Gasteiger partial charge in [0, 0.05) is 30.1 Å². The number of nitrogens with zero attached hydrogens (tertiary/aromatic N) is 1. The first-order valence-corrected chi connectivity index (χ1v) is 7.88. The van der Waals surface area contributed by atoms with Gasteiger partial charge in [-0.15, -0.1) is 5.92 Å². The Morgan fingerprint density at radius 3 is 2.86 bits per heavy atom. The van der Waals surface area contributed by atoms with E-state index in [1.807, 2.05) is 6.07 Å². The molecule has 0 radical (unpaired) electrons. The van der Waals surface area contributed by atoms with Crippen molar-refractivity contribution in [1.29, 1.82) is 0 Å². The Bertz CT molecular complexity index is 515. The SMILES string of the molecule is CCCCC#CC(c1cc(Cl)ccc1O)N1CCOCC1. The third-order valence-electron chi connectivity index (χ3n) is 3.59. The summed E-state index contributed by atoms with van der Waals surface area (Å²) in [6.07, 6.45) is 3.13. The second-order valence-corrected chi connectivity index (χ2v) is 5.62.